The molecule has 0 unspecified atom stereocenters. The highest BCUT2D eigenvalue weighted by Crippen LogP contribution is 2.46. The molecule has 0 spiro atoms. The molecule has 6 aromatic carbocycles. The lowest BCUT2D eigenvalue weighted by atomic mass is 9.95. The van der Waals surface area contributed by atoms with Gasteiger partial charge in [0.1, 0.15) is 0 Å². The summed E-state index contributed by atoms with van der Waals surface area (Å²) in [6.45, 7) is 4.36. The summed E-state index contributed by atoms with van der Waals surface area (Å²) in [5.74, 6) is 1.69. The van der Waals surface area contributed by atoms with Crippen molar-refractivity contribution in [2.75, 3.05) is 0 Å². The first-order valence-corrected chi connectivity index (χ1v) is 15.5. The molecule has 44 heavy (non-hydrogen) atoms. The Morgan fingerprint density at radius 1 is 0.409 bits per heavy atom. The summed E-state index contributed by atoms with van der Waals surface area (Å²) in [5.41, 5.74) is 17.5. The van der Waals surface area contributed by atoms with Crippen LogP contribution in [0.3, 0.4) is 0 Å². The molecule has 0 N–H and O–H groups in total. The molecule has 0 saturated carbocycles. The number of rotatable bonds is 7. The lowest BCUT2D eigenvalue weighted by Gasteiger charge is -2.19. The summed E-state index contributed by atoms with van der Waals surface area (Å²) in [6, 6.07) is 43.6. The minimum Gasteiger partial charge on any atom is -0.289 e. The molecule has 0 bridgehead atoms. The molecule has 0 saturated heterocycles. The van der Waals surface area contributed by atoms with Gasteiger partial charge in [0, 0.05) is 47.9 Å². The van der Waals surface area contributed by atoms with E-state index >= 15 is 0 Å². The zero-order valence-corrected chi connectivity index (χ0v) is 25.2. The summed E-state index contributed by atoms with van der Waals surface area (Å²) in [6.07, 6.45) is 3.23. The Morgan fingerprint density at radius 3 is 1.27 bits per heavy atom. The Morgan fingerprint density at radius 2 is 0.818 bits per heavy atom. The van der Waals surface area contributed by atoms with Crippen LogP contribution in [0.15, 0.2) is 121 Å². The monoisotopic (exact) mass is 570 g/mol. The van der Waals surface area contributed by atoms with E-state index in [-0.39, 0.29) is 0 Å². The maximum absolute atomic E-state index is 6.64. The minimum atomic E-state index is 0.781. The molecule has 0 fully saturated rings. The van der Waals surface area contributed by atoms with Gasteiger partial charge in [-0.3, -0.25) is 9.78 Å². The van der Waals surface area contributed by atoms with E-state index in [2.05, 4.69) is 135 Å². The molecule has 6 aromatic rings. The van der Waals surface area contributed by atoms with Crippen LogP contribution in [0.1, 0.15) is 55.6 Å². The fourth-order valence-electron chi connectivity index (χ4n) is 7.06. The quantitative estimate of drug-likeness (QED) is 0.140. The van der Waals surface area contributed by atoms with E-state index in [0.29, 0.717) is 0 Å². The van der Waals surface area contributed by atoms with Gasteiger partial charge in [0.2, 0.25) is 0 Å². The molecule has 0 aromatic heterocycles. The average molecular weight is 571 g/mol. The number of aryl methyl sites for hydroxylation is 2. The van der Waals surface area contributed by atoms with Crippen molar-refractivity contribution >= 4 is 0 Å². The van der Waals surface area contributed by atoms with Crippen LogP contribution in [0.25, 0.3) is 22.3 Å². The lowest BCUT2D eigenvalue weighted by Crippen LogP contribution is -2.10. The van der Waals surface area contributed by atoms with Crippen LogP contribution in [0.2, 0.25) is 0 Å². The van der Waals surface area contributed by atoms with Crippen LogP contribution in [0.4, 0.5) is 0 Å². The second-order valence-electron chi connectivity index (χ2n) is 12.2. The van der Waals surface area contributed by atoms with Crippen molar-refractivity contribution in [2.24, 2.45) is 0 Å². The van der Waals surface area contributed by atoms with Crippen molar-refractivity contribution < 1.29 is 9.78 Å². The van der Waals surface area contributed by atoms with Crippen molar-refractivity contribution in [1.82, 2.24) is 0 Å². The standard InChI is InChI=1S/C42H34O2/c1-27-11-3-5-13-29(27)23-33-19-21-37-35-17-9-7-15-31(35)25-39(37)41(33)43-44-42-34(24-30-14-6-4-12-28(30)2)20-22-38-36-18-10-8-16-32(36)26-40(38)42/h3-22H,23-26H2,1-2H3. The van der Waals surface area contributed by atoms with Crippen LogP contribution in [-0.2, 0) is 25.7 Å². The minimum absolute atomic E-state index is 0.781. The fraction of sp³-hybridized carbons (Fsp3) is 0.143. The molecule has 214 valence electrons. The third-order valence-corrected chi connectivity index (χ3v) is 9.53. The number of hydrogen-bond acceptors (Lipinski definition) is 2. The Balaban J connectivity index is 1.23. The largest absolute Gasteiger partial charge is 0.289 e. The van der Waals surface area contributed by atoms with Crippen molar-refractivity contribution in [1.29, 1.82) is 0 Å². The number of fused-ring (bicyclic) bond motifs is 6. The van der Waals surface area contributed by atoms with E-state index in [1.807, 2.05) is 0 Å². The second kappa shape index (κ2) is 10.9. The van der Waals surface area contributed by atoms with Crippen LogP contribution >= 0.6 is 0 Å². The molecular formula is C42H34O2. The van der Waals surface area contributed by atoms with Gasteiger partial charge in [-0.1, -0.05) is 121 Å². The summed E-state index contributed by atoms with van der Waals surface area (Å²) >= 11 is 0. The van der Waals surface area contributed by atoms with Crippen LogP contribution < -0.4 is 9.78 Å². The SMILES string of the molecule is Cc1ccccc1Cc1ccc2c(c1OOc1c(Cc3ccccc3C)ccc3c1Cc1ccccc1-3)Cc1ccccc1-2. The van der Waals surface area contributed by atoms with Gasteiger partial charge >= 0.3 is 0 Å². The van der Waals surface area contributed by atoms with E-state index in [9.17, 15) is 0 Å². The summed E-state index contributed by atoms with van der Waals surface area (Å²) < 4.78 is 0. The van der Waals surface area contributed by atoms with Gasteiger partial charge in [0.05, 0.1) is 0 Å². The highest BCUT2D eigenvalue weighted by Gasteiger charge is 2.28. The smallest absolute Gasteiger partial charge is 0.186 e. The lowest BCUT2D eigenvalue weighted by molar-refractivity contribution is -0.103. The predicted molar refractivity (Wildman–Crippen MR) is 179 cm³/mol. The third kappa shape index (κ3) is 4.59. The molecule has 0 amide bonds. The molecule has 2 heteroatoms. The molecule has 2 aliphatic rings. The Bertz CT molecular complexity index is 1900. The number of benzene rings is 6. The van der Waals surface area contributed by atoms with Crippen LogP contribution in [-0.4, -0.2) is 0 Å². The van der Waals surface area contributed by atoms with Crippen molar-refractivity contribution in [3.05, 3.63) is 177 Å². The van der Waals surface area contributed by atoms with Gasteiger partial charge in [-0.2, -0.15) is 0 Å². The fourth-order valence-corrected chi connectivity index (χ4v) is 7.06. The topological polar surface area (TPSA) is 18.5 Å². The summed E-state index contributed by atoms with van der Waals surface area (Å²) in [4.78, 5) is 13.3. The average Bonchev–Trinajstić information content (AvgIpc) is 3.62. The molecule has 2 aliphatic carbocycles. The highest BCUT2D eigenvalue weighted by molar-refractivity contribution is 5.81. The first-order chi connectivity index (χ1) is 21.6. The third-order valence-electron chi connectivity index (χ3n) is 9.53. The molecule has 0 atom stereocenters. The maximum atomic E-state index is 6.64. The van der Waals surface area contributed by atoms with Gasteiger partial charge < -0.3 is 0 Å². The Hall–Kier alpha value is -5.08. The van der Waals surface area contributed by atoms with Gasteiger partial charge in [0.15, 0.2) is 11.5 Å². The molecule has 2 nitrogen and oxygen atoms in total. The number of hydrogen-bond donors (Lipinski definition) is 0. The molecule has 8 rings (SSSR count). The normalized spacial score (nSPS) is 12.3. The second-order valence-corrected chi connectivity index (χ2v) is 12.2. The van der Waals surface area contributed by atoms with E-state index in [1.54, 1.807) is 0 Å². The van der Waals surface area contributed by atoms with Gasteiger partial charge in [-0.05, 0) is 69.5 Å². The van der Waals surface area contributed by atoms with Crippen molar-refractivity contribution in [2.45, 2.75) is 39.5 Å². The molecule has 0 heterocycles. The van der Waals surface area contributed by atoms with Gasteiger partial charge in [-0.25, -0.2) is 0 Å². The predicted octanol–water partition coefficient (Wildman–Crippen LogP) is 10.0. The zero-order valence-electron chi connectivity index (χ0n) is 25.2. The van der Waals surface area contributed by atoms with E-state index in [1.165, 1.54) is 66.8 Å². The Labute approximate surface area is 259 Å². The molecular weight excluding hydrogens is 536 g/mol. The summed E-state index contributed by atoms with van der Waals surface area (Å²) in [7, 11) is 0. The van der Waals surface area contributed by atoms with E-state index in [0.717, 1.165) is 48.3 Å². The van der Waals surface area contributed by atoms with Gasteiger partial charge in [0.25, 0.3) is 0 Å². The maximum Gasteiger partial charge on any atom is 0.186 e. The Kier molecular flexibility index (Phi) is 6.56. The first kappa shape index (κ1) is 26.5. The van der Waals surface area contributed by atoms with E-state index < -0.39 is 0 Å². The zero-order chi connectivity index (χ0) is 29.6. The van der Waals surface area contributed by atoms with Crippen LogP contribution in [0.5, 0.6) is 11.5 Å². The van der Waals surface area contributed by atoms with Crippen molar-refractivity contribution in [3.8, 4) is 33.8 Å². The van der Waals surface area contributed by atoms with Crippen molar-refractivity contribution in [3.63, 3.8) is 0 Å². The molecule has 0 aliphatic heterocycles. The van der Waals surface area contributed by atoms with Gasteiger partial charge in [-0.15, -0.1) is 0 Å². The first-order valence-electron chi connectivity index (χ1n) is 15.5. The highest BCUT2D eigenvalue weighted by atomic mass is 17.2. The van der Waals surface area contributed by atoms with Crippen LogP contribution in [0, 0.1) is 13.8 Å². The molecule has 0 radical (unpaired) electrons. The summed E-state index contributed by atoms with van der Waals surface area (Å²) in [5, 5.41) is 0. The van der Waals surface area contributed by atoms with E-state index in [4.69, 9.17) is 9.78 Å².